The second-order valence-corrected chi connectivity index (χ2v) is 8.39. The third-order valence-corrected chi connectivity index (χ3v) is 6.07. The molecule has 0 saturated carbocycles. The lowest BCUT2D eigenvalue weighted by Crippen LogP contribution is -2.50. The summed E-state index contributed by atoms with van der Waals surface area (Å²) in [4.78, 5) is 28.2. The van der Waals surface area contributed by atoms with Gasteiger partial charge in [0.2, 0.25) is 11.8 Å². The molecule has 32 heavy (non-hydrogen) atoms. The summed E-state index contributed by atoms with van der Waals surface area (Å²) < 4.78 is 0. The first-order valence-electron chi connectivity index (χ1n) is 11.6. The Morgan fingerprint density at radius 1 is 0.875 bits per heavy atom. The smallest absolute Gasteiger partial charge is 0.243 e. The molecule has 0 heterocycles. The molecule has 0 bridgehead atoms. The summed E-state index contributed by atoms with van der Waals surface area (Å²) >= 11 is 0. The SMILES string of the molecule is CC[C@H](C(=O)N[C@@H](C)CC)N(Cc1ccccc1)C(=O)CCc1cccc2ccccc12. The summed E-state index contributed by atoms with van der Waals surface area (Å²) in [6.45, 7) is 6.44. The quantitative estimate of drug-likeness (QED) is 0.462. The Kier molecular flexibility index (Phi) is 8.43. The van der Waals surface area contributed by atoms with Gasteiger partial charge in [-0.1, -0.05) is 86.6 Å². The van der Waals surface area contributed by atoms with E-state index in [4.69, 9.17) is 0 Å². The minimum absolute atomic E-state index is 0.00735. The number of hydrogen-bond acceptors (Lipinski definition) is 2. The van der Waals surface area contributed by atoms with Gasteiger partial charge in [0.25, 0.3) is 0 Å². The molecule has 3 aromatic rings. The number of carbonyl (C=O) groups is 2. The molecule has 3 aromatic carbocycles. The summed E-state index contributed by atoms with van der Waals surface area (Å²) in [5.41, 5.74) is 2.19. The molecule has 168 valence electrons. The lowest BCUT2D eigenvalue weighted by molar-refractivity contribution is -0.141. The number of hydrogen-bond donors (Lipinski definition) is 1. The number of amides is 2. The van der Waals surface area contributed by atoms with E-state index in [0.717, 1.165) is 17.5 Å². The van der Waals surface area contributed by atoms with E-state index in [1.165, 1.54) is 10.8 Å². The van der Waals surface area contributed by atoms with E-state index in [-0.39, 0.29) is 17.9 Å². The minimum Gasteiger partial charge on any atom is -0.352 e. The number of nitrogens with zero attached hydrogens (tertiary/aromatic N) is 1. The normalized spacial score (nSPS) is 12.8. The Balaban J connectivity index is 1.81. The van der Waals surface area contributed by atoms with Crippen molar-refractivity contribution in [2.75, 3.05) is 0 Å². The molecular formula is C28H34N2O2. The van der Waals surface area contributed by atoms with Crippen LogP contribution < -0.4 is 5.32 Å². The van der Waals surface area contributed by atoms with Crippen LogP contribution in [0.4, 0.5) is 0 Å². The predicted molar refractivity (Wildman–Crippen MR) is 131 cm³/mol. The van der Waals surface area contributed by atoms with E-state index in [9.17, 15) is 9.59 Å². The van der Waals surface area contributed by atoms with Crippen molar-refractivity contribution in [3.63, 3.8) is 0 Å². The Hall–Kier alpha value is -3.14. The molecule has 0 fully saturated rings. The van der Waals surface area contributed by atoms with Crippen LogP contribution in [0.25, 0.3) is 10.8 Å². The number of nitrogens with one attached hydrogen (secondary N) is 1. The molecule has 0 radical (unpaired) electrons. The zero-order chi connectivity index (χ0) is 22.9. The highest BCUT2D eigenvalue weighted by atomic mass is 16.2. The highest BCUT2D eigenvalue weighted by Gasteiger charge is 2.29. The first-order chi connectivity index (χ1) is 15.5. The first-order valence-corrected chi connectivity index (χ1v) is 11.6. The average molecular weight is 431 g/mol. The number of fused-ring (bicyclic) bond motifs is 1. The van der Waals surface area contributed by atoms with Crippen molar-refractivity contribution in [2.45, 2.75) is 65.1 Å². The third-order valence-electron chi connectivity index (χ3n) is 6.07. The molecule has 1 N–H and O–H groups in total. The zero-order valence-electron chi connectivity index (χ0n) is 19.4. The van der Waals surface area contributed by atoms with Crippen LogP contribution in [-0.4, -0.2) is 28.8 Å². The van der Waals surface area contributed by atoms with Gasteiger partial charge in [-0.3, -0.25) is 9.59 Å². The first kappa shape index (κ1) is 23.5. The van der Waals surface area contributed by atoms with E-state index in [1.807, 2.05) is 69.3 Å². The van der Waals surface area contributed by atoms with Crippen LogP contribution in [0.15, 0.2) is 72.8 Å². The Labute approximate surface area is 191 Å². The second-order valence-electron chi connectivity index (χ2n) is 8.39. The van der Waals surface area contributed by atoms with Crippen molar-refractivity contribution in [3.05, 3.63) is 83.9 Å². The maximum absolute atomic E-state index is 13.5. The maximum atomic E-state index is 13.5. The average Bonchev–Trinajstić information content (AvgIpc) is 2.82. The summed E-state index contributed by atoms with van der Waals surface area (Å²) in [6, 6.07) is 24.0. The molecule has 3 rings (SSSR count). The molecule has 0 aliphatic rings. The van der Waals surface area contributed by atoms with Gasteiger partial charge in [0, 0.05) is 19.0 Å². The van der Waals surface area contributed by atoms with Gasteiger partial charge in [0.05, 0.1) is 0 Å². The molecule has 0 saturated heterocycles. The largest absolute Gasteiger partial charge is 0.352 e. The molecule has 2 amide bonds. The maximum Gasteiger partial charge on any atom is 0.243 e. The van der Waals surface area contributed by atoms with Crippen LogP contribution in [0.2, 0.25) is 0 Å². The Morgan fingerprint density at radius 2 is 1.56 bits per heavy atom. The monoisotopic (exact) mass is 430 g/mol. The van der Waals surface area contributed by atoms with E-state index >= 15 is 0 Å². The van der Waals surface area contributed by atoms with Crippen LogP contribution in [0.5, 0.6) is 0 Å². The number of aryl methyl sites for hydroxylation is 1. The van der Waals surface area contributed by atoms with Crippen LogP contribution in [0.1, 0.15) is 51.2 Å². The summed E-state index contributed by atoms with van der Waals surface area (Å²) in [5.74, 6) is -0.0655. The van der Waals surface area contributed by atoms with E-state index in [1.54, 1.807) is 4.90 Å². The molecule has 0 aromatic heterocycles. The topological polar surface area (TPSA) is 49.4 Å². The van der Waals surface area contributed by atoms with Crippen molar-refractivity contribution in [3.8, 4) is 0 Å². The minimum atomic E-state index is -0.482. The van der Waals surface area contributed by atoms with Gasteiger partial charge in [-0.05, 0) is 48.1 Å². The molecule has 2 atom stereocenters. The van der Waals surface area contributed by atoms with E-state index in [2.05, 4.69) is 29.6 Å². The summed E-state index contributed by atoms with van der Waals surface area (Å²) in [5, 5.41) is 5.43. The lowest BCUT2D eigenvalue weighted by Gasteiger charge is -2.31. The third kappa shape index (κ3) is 5.97. The fourth-order valence-electron chi connectivity index (χ4n) is 4.04. The van der Waals surface area contributed by atoms with Gasteiger partial charge in [0.1, 0.15) is 6.04 Å². The molecule has 0 aliphatic heterocycles. The molecule has 0 aliphatic carbocycles. The molecule has 0 spiro atoms. The summed E-state index contributed by atoms with van der Waals surface area (Å²) in [6.07, 6.45) is 2.45. The van der Waals surface area contributed by atoms with Crippen molar-refractivity contribution < 1.29 is 9.59 Å². The van der Waals surface area contributed by atoms with Gasteiger partial charge < -0.3 is 10.2 Å². The number of rotatable bonds is 10. The van der Waals surface area contributed by atoms with Crippen LogP contribution in [-0.2, 0) is 22.6 Å². The van der Waals surface area contributed by atoms with Crippen LogP contribution in [0, 0.1) is 0 Å². The standard InChI is InChI=1S/C28H34N2O2/c1-4-21(3)29-28(32)26(5-2)30(20-22-12-7-6-8-13-22)27(31)19-18-24-16-11-15-23-14-9-10-17-25(23)24/h6-17,21,26H,4-5,18-20H2,1-3H3,(H,29,32)/t21-,26+/m0/s1. The van der Waals surface area contributed by atoms with Crippen molar-refractivity contribution in [2.24, 2.45) is 0 Å². The van der Waals surface area contributed by atoms with Gasteiger partial charge in [0.15, 0.2) is 0 Å². The highest BCUT2D eigenvalue weighted by molar-refractivity contribution is 5.89. The molecule has 4 heteroatoms. The summed E-state index contributed by atoms with van der Waals surface area (Å²) in [7, 11) is 0. The fraction of sp³-hybridized carbons (Fsp3) is 0.357. The molecular weight excluding hydrogens is 396 g/mol. The van der Waals surface area contributed by atoms with Crippen LogP contribution in [0.3, 0.4) is 0 Å². The Morgan fingerprint density at radius 3 is 2.28 bits per heavy atom. The van der Waals surface area contributed by atoms with E-state index in [0.29, 0.717) is 25.8 Å². The van der Waals surface area contributed by atoms with Crippen molar-refractivity contribution >= 4 is 22.6 Å². The van der Waals surface area contributed by atoms with Gasteiger partial charge in [-0.2, -0.15) is 0 Å². The second kappa shape index (κ2) is 11.5. The van der Waals surface area contributed by atoms with Gasteiger partial charge >= 0.3 is 0 Å². The van der Waals surface area contributed by atoms with Gasteiger partial charge in [-0.15, -0.1) is 0 Å². The molecule has 0 unspecified atom stereocenters. The molecule has 4 nitrogen and oxygen atoms in total. The lowest BCUT2D eigenvalue weighted by atomic mass is 10.00. The van der Waals surface area contributed by atoms with Crippen molar-refractivity contribution in [1.82, 2.24) is 10.2 Å². The van der Waals surface area contributed by atoms with E-state index < -0.39 is 6.04 Å². The fourth-order valence-corrected chi connectivity index (χ4v) is 4.04. The predicted octanol–water partition coefficient (Wildman–Crippen LogP) is 5.49. The Bertz CT molecular complexity index is 1030. The van der Waals surface area contributed by atoms with Crippen LogP contribution >= 0.6 is 0 Å². The van der Waals surface area contributed by atoms with Gasteiger partial charge in [-0.25, -0.2) is 0 Å². The number of carbonyl (C=O) groups excluding carboxylic acids is 2. The van der Waals surface area contributed by atoms with Crippen molar-refractivity contribution in [1.29, 1.82) is 0 Å². The highest BCUT2D eigenvalue weighted by Crippen LogP contribution is 2.21. The number of benzene rings is 3. The zero-order valence-corrected chi connectivity index (χ0v) is 19.4.